The Kier molecular flexibility index (Phi) is 3.72. The summed E-state index contributed by atoms with van der Waals surface area (Å²) in [6.45, 7) is 0. The van der Waals surface area contributed by atoms with Gasteiger partial charge in [-0.1, -0.05) is 0 Å². The Labute approximate surface area is 145 Å². The van der Waals surface area contributed by atoms with Crippen LogP contribution in [0.2, 0.25) is 0 Å². The van der Waals surface area contributed by atoms with Gasteiger partial charge in [0.25, 0.3) is 5.91 Å². The summed E-state index contributed by atoms with van der Waals surface area (Å²) >= 11 is 0. The smallest absolute Gasteiger partial charge is 0.257 e. The van der Waals surface area contributed by atoms with Crippen LogP contribution in [-0.2, 0) is 0 Å². The number of ether oxygens (including phenoxy) is 1. The Morgan fingerprint density at radius 3 is 2.85 bits per heavy atom. The Morgan fingerprint density at radius 1 is 1.23 bits per heavy atom. The van der Waals surface area contributed by atoms with E-state index in [1.54, 1.807) is 18.3 Å². The molecule has 0 atom stereocenters. The van der Waals surface area contributed by atoms with Crippen LogP contribution >= 0.6 is 0 Å². The third kappa shape index (κ3) is 2.61. The molecule has 0 aliphatic carbocycles. The molecule has 26 heavy (non-hydrogen) atoms. The average Bonchev–Trinajstić information content (AvgIpc) is 3.08. The van der Waals surface area contributed by atoms with Gasteiger partial charge in [0, 0.05) is 23.7 Å². The number of halogens is 2. The number of carbonyl (C=O) groups excluding carboxylic acids is 1. The van der Waals surface area contributed by atoms with Gasteiger partial charge in [0.05, 0.1) is 35.6 Å². The summed E-state index contributed by atoms with van der Waals surface area (Å²) in [5.74, 6) is -1.76. The van der Waals surface area contributed by atoms with Crippen molar-refractivity contribution in [2.45, 2.75) is 0 Å². The summed E-state index contributed by atoms with van der Waals surface area (Å²) in [4.78, 5) is 24.3. The van der Waals surface area contributed by atoms with E-state index in [0.29, 0.717) is 33.9 Å². The van der Waals surface area contributed by atoms with Gasteiger partial charge in [-0.2, -0.15) is 0 Å². The highest BCUT2D eigenvalue weighted by atomic mass is 19.1. The topological polar surface area (TPSA) is 79.9 Å². The minimum Gasteiger partial charge on any atom is -0.481 e. The summed E-state index contributed by atoms with van der Waals surface area (Å²) in [5, 5.41) is 2.98. The van der Waals surface area contributed by atoms with Gasteiger partial charge >= 0.3 is 0 Å². The molecule has 0 fully saturated rings. The van der Waals surface area contributed by atoms with Gasteiger partial charge < -0.3 is 15.0 Å². The predicted molar refractivity (Wildman–Crippen MR) is 92.3 cm³/mol. The number of nitrogens with one attached hydrogen (secondary N) is 2. The number of aromatic nitrogens is 3. The van der Waals surface area contributed by atoms with Gasteiger partial charge in [-0.25, -0.2) is 13.8 Å². The zero-order valence-corrected chi connectivity index (χ0v) is 13.5. The van der Waals surface area contributed by atoms with Crippen LogP contribution in [0.5, 0.6) is 5.88 Å². The molecule has 0 saturated heterocycles. The molecule has 8 heteroatoms. The van der Waals surface area contributed by atoms with E-state index in [9.17, 15) is 13.6 Å². The number of anilines is 1. The number of H-pyrrole nitrogens is 1. The Bertz CT molecular complexity index is 1160. The van der Waals surface area contributed by atoms with Gasteiger partial charge in [0.2, 0.25) is 5.88 Å². The van der Waals surface area contributed by atoms with Crippen LogP contribution in [0.1, 0.15) is 10.4 Å². The van der Waals surface area contributed by atoms with Crippen molar-refractivity contribution in [3.8, 4) is 5.88 Å². The monoisotopic (exact) mass is 354 g/mol. The maximum absolute atomic E-state index is 13.8. The molecule has 4 aromatic rings. The first-order valence-electron chi connectivity index (χ1n) is 7.64. The molecule has 2 N–H and O–H groups in total. The molecule has 0 aliphatic rings. The fourth-order valence-corrected chi connectivity index (χ4v) is 2.73. The first kappa shape index (κ1) is 15.9. The van der Waals surface area contributed by atoms with E-state index in [1.165, 1.54) is 19.4 Å². The quantitative estimate of drug-likeness (QED) is 0.589. The van der Waals surface area contributed by atoms with Crippen LogP contribution in [0.25, 0.3) is 21.9 Å². The lowest BCUT2D eigenvalue weighted by Gasteiger charge is -2.07. The fraction of sp³-hybridized carbons (Fsp3) is 0.0556. The molecule has 6 nitrogen and oxygen atoms in total. The second-order valence-electron chi connectivity index (χ2n) is 5.55. The van der Waals surface area contributed by atoms with Crippen LogP contribution in [-0.4, -0.2) is 28.0 Å². The van der Waals surface area contributed by atoms with Gasteiger partial charge in [0.1, 0.15) is 17.2 Å². The average molecular weight is 354 g/mol. The largest absolute Gasteiger partial charge is 0.481 e. The molecule has 130 valence electrons. The SMILES string of the molecule is COc1ccc2ncc3[nH]cc(C(=O)Nc4ccc(F)cc4F)c3c2n1. The number of methoxy groups -OCH3 is 1. The lowest BCUT2D eigenvalue weighted by molar-refractivity contribution is 0.102. The number of hydrogen-bond acceptors (Lipinski definition) is 4. The van der Waals surface area contributed by atoms with Crippen LogP contribution in [0.4, 0.5) is 14.5 Å². The van der Waals surface area contributed by atoms with Crippen LogP contribution in [0, 0.1) is 11.6 Å². The van der Waals surface area contributed by atoms with Crippen molar-refractivity contribution in [3.05, 3.63) is 59.9 Å². The fourth-order valence-electron chi connectivity index (χ4n) is 2.73. The Hall–Kier alpha value is -3.55. The summed E-state index contributed by atoms with van der Waals surface area (Å²) in [6, 6.07) is 6.34. The first-order chi connectivity index (χ1) is 12.6. The molecule has 0 bridgehead atoms. The number of nitrogens with zero attached hydrogens (tertiary/aromatic N) is 2. The van der Waals surface area contributed by atoms with Crippen molar-refractivity contribution in [1.29, 1.82) is 0 Å². The maximum Gasteiger partial charge on any atom is 0.257 e. The summed E-state index contributed by atoms with van der Waals surface area (Å²) < 4.78 is 32.0. The third-order valence-electron chi connectivity index (χ3n) is 3.96. The molecule has 0 saturated carbocycles. The maximum atomic E-state index is 13.8. The van der Waals surface area contributed by atoms with Crippen molar-refractivity contribution in [1.82, 2.24) is 15.0 Å². The molecule has 1 amide bonds. The van der Waals surface area contributed by atoms with E-state index in [4.69, 9.17) is 4.74 Å². The highest BCUT2D eigenvalue weighted by Crippen LogP contribution is 2.27. The van der Waals surface area contributed by atoms with Crippen molar-refractivity contribution in [3.63, 3.8) is 0 Å². The van der Waals surface area contributed by atoms with E-state index in [-0.39, 0.29) is 11.3 Å². The number of pyridine rings is 2. The summed E-state index contributed by atoms with van der Waals surface area (Å²) in [7, 11) is 1.49. The van der Waals surface area contributed by atoms with Gasteiger partial charge in [0.15, 0.2) is 0 Å². The molecular weight excluding hydrogens is 342 g/mol. The van der Waals surface area contributed by atoms with E-state index in [1.807, 2.05) is 0 Å². The minimum atomic E-state index is -0.857. The second-order valence-corrected chi connectivity index (χ2v) is 5.55. The number of amides is 1. The van der Waals surface area contributed by atoms with Gasteiger partial charge in [-0.3, -0.25) is 9.78 Å². The van der Waals surface area contributed by atoms with Gasteiger partial charge in [-0.05, 0) is 18.2 Å². The number of fused-ring (bicyclic) bond motifs is 3. The number of aromatic amines is 1. The summed E-state index contributed by atoms with van der Waals surface area (Å²) in [6.07, 6.45) is 3.07. The number of benzene rings is 1. The summed E-state index contributed by atoms with van der Waals surface area (Å²) in [5.41, 5.74) is 1.81. The Morgan fingerprint density at radius 2 is 2.08 bits per heavy atom. The standard InChI is InChI=1S/C18H12F2N4O2/c1-26-15-5-4-13-17(24-15)16-10(7-21-14(16)8-22-13)18(25)23-12-3-2-9(19)6-11(12)20/h2-8,21H,1H3,(H,23,25). The first-order valence-corrected chi connectivity index (χ1v) is 7.64. The van der Waals surface area contributed by atoms with Crippen molar-refractivity contribution in [2.24, 2.45) is 0 Å². The van der Waals surface area contributed by atoms with E-state index in [2.05, 4.69) is 20.3 Å². The van der Waals surface area contributed by atoms with E-state index >= 15 is 0 Å². The van der Waals surface area contributed by atoms with Crippen LogP contribution in [0.15, 0.2) is 42.7 Å². The number of carbonyl (C=O) groups is 1. The molecule has 0 spiro atoms. The Balaban J connectivity index is 1.83. The lowest BCUT2D eigenvalue weighted by Crippen LogP contribution is -2.13. The second kappa shape index (κ2) is 6.07. The van der Waals surface area contributed by atoms with E-state index in [0.717, 1.165) is 6.07 Å². The van der Waals surface area contributed by atoms with Crippen LogP contribution < -0.4 is 10.1 Å². The van der Waals surface area contributed by atoms with Gasteiger partial charge in [-0.15, -0.1) is 0 Å². The predicted octanol–water partition coefficient (Wildman–Crippen LogP) is 3.65. The third-order valence-corrected chi connectivity index (χ3v) is 3.96. The molecule has 0 radical (unpaired) electrons. The zero-order chi connectivity index (χ0) is 18.3. The molecule has 1 aromatic carbocycles. The molecule has 0 unspecified atom stereocenters. The number of hydrogen-bond donors (Lipinski definition) is 2. The molecule has 3 heterocycles. The van der Waals surface area contributed by atoms with Crippen molar-refractivity contribution >= 4 is 33.5 Å². The lowest BCUT2D eigenvalue weighted by atomic mass is 10.1. The molecular formula is C18H12F2N4O2. The van der Waals surface area contributed by atoms with Crippen molar-refractivity contribution < 1.29 is 18.3 Å². The van der Waals surface area contributed by atoms with Crippen molar-refractivity contribution in [2.75, 3.05) is 12.4 Å². The molecule has 4 rings (SSSR count). The molecule has 3 aromatic heterocycles. The highest BCUT2D eigenvalue weighted by molar-refractivity contribution is 6.18. The highest BCUT2D eigenvalue weighted by Gasteiger charge is 2.18. The van der Waals surface area contributed by atoms with E-state index < -0.39 is 17.5 Å². The minimum absolute atomic E-state index is 0.116. The zero-order valence-electron chi connectivity index (χ0n) is 13.5. The normalized spacial score (nSPS) is 11.0. The molecule has 0 aliphatic heterocycles. The van der Waals surface area contributed by atoms with Crippen LogP contribution in [0.3, 0.4) is 0 Å². The number of rotatable bonds is 3.